The van der Waals surface area contributed by atoms with Gasteiger partial charge in [0, 0.05) is 15.9 Å². The number of rotatable bonds is 2. The Morgan fingerprint density at radius 1 is 1.35 bits per heavy atom. The predicted octanol–water partition coefficient (Wildman–Crippen LogP) is 4.96. The number of hydrogen-bond donors (Lipinski definition) is 1. The number of aromatic nitrogens is 2. The second-order valence-corrected chi connectivity index (χ2v) is 6.82. The molecule has 2 rings (SSSR count). The van der Waals surface area contributed by atoms with Crippen LogP contribution in [0.15, 0.2) is 16.6 Å². The van der Waals surface area contributed by atoms with E-state index >= 15 is 0 Å². The molecule has 0 radical (unpaired) electrons. The molecule has 1 heterocycles. The van der Waals surface area contributed by atoms with E-state index in [0.717, 1.165) is 39.2 Å². The Kier molecular flexibility index (Phi) is 3.50. The second kappa shape index (κ2) is 4.62. The number of imidazole rings is 1. The molecule has 1 N–H and O–H groups in total. The molecule has 0 spiro atoms. The lowest BCUT2D eigenvalue weighted by molar-refractivity contribution is 0.375. The van der Waals surface area contributed by atoms with Gasteiger partial charge in [0.1, 0.15) is 11.3 Å². The summed E-state index contributed by atoms with van der Waals surface area (Å²) in [6.07, 6.45) is 2.07. The van der Waals surface area contributed by atoms with Crippen LogP contribution >= 0.6 is 27.5 Å². The van der Waals surface area contributed by atoms with Crippen molar-refractivity contribution in [3.63, 3.8) is 0 Å². The molecule has 0 atom stereocenters. The zero-order valence-corrected chi connectivity index (χ0v) is 12.6. The molecule has 2 nitrogen and oxygen atoms in total. The average Bonchev–Trinajstić information content (AvgIpc) is 2.56. The Bertz CT molecular complexity index is 540. The highest BCUT2D eigenvalue weighted by Crippen LogP contribution is 2.28. The minimum absolute atomic E-state index is 0.327. The van der Waals surface area contributed by atoms with E-state index in [1.54, 1.807) is 0 Å². The lowest BCUT2D eigenvalue weighted by atomic mass is 9.90. The first-order valence-corrected chi connectivity index (χ1v) is 6.86. The molecule has 0 aliphatic heterocycles. The van der Waals surface area contributed by atoms with Gasteiger partial charge in [-0.2, -0.15) is 0 Å². The molecule has 1 aromatic heterocycles. The maximum atomic E-state index is 6.01. The number of nitrogens with one attached hydrogen (secondary N) is 1. The summed E-state index contributed by atoms with van der Waals surface area (Å²) in [6.45, 7) is 6.72. The number of fused-ring (bicyclic) bond motifs is 1. The molecule has 4 heteroatoms. The lowest BCUT2D eigenvalue weighted by Crippen LogP contribution is -2.06. The van der Waals surface area contributed by atoms with Gasteiger partial charge in [-0.3, -0.25) is 0 Å². The number of halogens is 2. The summed E-state index contributed by atoms with van der Waals surface area (Å²) in [5.41, 5.74) is 2.28. The highest BCUT2D eigenvalue weighted by atomic mass is 79.9. The summed E-state index contributed by atoms with van der Waals surface area (Å²) in [5.74, 6) is 1.03. The molecule has 0 aliphatic rings. The van der Waals surface area contributed by atoms with E-state index in [2.05, 4.69) is 46.7 Å². The summed E-state index contributed by atoms with van der Waals surface area (Å²) in [6, 6.07) is 3.79. The third-order valence-electron chi connectivity index (χ3n) is 2.67. The Balaban J connectivity index is 2.29. The summed E-state index contributed by atoms with van der Waals surface area (Å²) < 4.78 is 0.943. The van der Waals surface area contributed by atoms with E-state index < -0.39 is 0 Å². The number of aryl methyl sites for hydroxylation is 1. The number of benzene rings is 1. The van der Waals surface area contributed by atoms with Crippen molar-refractivity contribution in [3.05, 3.63) is 27.5 Å². The maximum absolute atomic E-state index is 6.01. The zero-order chi connectivity index (χ0) is 12.6. The molecule has 0 unspecified atom stereocenters. The topological polar surface area (TPSA) is 28.7 Å². The molecule has 17 heavy (non-hydrogen) atoms. The van der Waals surface area contributed by atoms with Crippen LogP contribution in [0.1, 0.15) is 33.0 Å². The Labute approximate surface area is 115 Å². The van der Waals surface area contributed by atoms with Crippen LogP contribution in [0, 0.1) is 5.41 Å². The molecule has 2 aromatic rings. The lowest BCUT2D eigenvalue weighted by Gasteiger charge is -2.16. The SMILES string of the molecule is CC(C)(C)CCc1nc2c(Br)cc(Cl)cc2[nH]1. The predicted molar refractivity (Wildman–Crippen MR) is 76.6 cm³/mol. The van der Waals surface area contributed by atoms with E-state index in [9.17, 15) is 0 Å². The number of H-pyrrole nitrogens is 1. The fourth-order valence-electron chi connectivity index (χ4n) is 1.71. The second-order valence-electron chi connectivity index (χ2n) is 5.53. The third-order valence-corrected chi connectivity index (χ3v) is 3.49. The van der Waals surface area contributed by atoms with Crippen molar-refractivity contribution in [1.82, 2.24) is 9.97 Å². The van der Waals surface area contributed by atoms with Gasteiger partial charge >= 0.3 is 0 Å². The summed E-state index contributed by atoms with van der Waals surface area (Å²) >= 11 is 9.49. The highest BCUT2D eigenvalue weighted by Gasteiger charge is 2.13. The number of hydrogen-bond acceptors (Lipinski definition) is 1. The molecule has 0 fully saturated rings. The van der Waals surface area contributed by atoms with E-state index in [0.29, 0.717) is 5.41 Å². The van der Waals surface area contributed by atoms with Crippen LogP contribution in [0.25, 0.3) is 11.0 Å². The number of aromatic amines is 1. The van der Waals surface area contributed by atoms with Gasteiger partial charge in [0.25, 0.3) is 0 Å². The van der Waals surface area contributed by atoms with E-state index in [4.69, 9.17) is 11.6 Å². The molecule has 1 aromatic carbocycles. The summed E-state index contributed by atoms with van der Waals surface area (Å²) in [7, 11) is 0. The van der Waals surface area contributed by atoms with Crippen molar-refractivity contribution in [1.29, 1.82) is 0 Å². The van der Waals surface area contributed by atoms with Gasteiger partial charge in [-0.1, -0.05) is 32.4 Å². The standard InChI is InChI=1S/C13H16BrClN2/c1-13(2,3)5-4-11-16-10-7-8(15)6-9(14)12(10)17-11/h6-7H,4-5H2,1-3H3,(H,16,17). The minimum atomic E-state index is 0.327. The van der Waals surface area contributed by atoms with Crippen molar-refractivity contribution in [3.8, 4) is 0 Å². The van der Waals surface area contributed by atoms with Crippen LogP contribution in [-0.2, 0) is 6.42 Å². The maximum Gasteiger partial charge on any atom is 0.107 e. The van der Waals surface area contributed by atoms with Crippen LogP contribution in [0.5, 0.6) is 0 Å². The van der Waals surface area contributed by atoms with Gasteiger partial charge in [-0.05, 0) is 39.9 Å². The largest absolute Gasteiger partial charge is 0.342 e. The molecule has 0 saturated carbocycles. The Morgan fingerprint density at radius 3 is 2.71 bits per heavy atom. The molecule has 0 aliphatic carbocycles. The Morgan fingerprint density at radius 2 is 2.06 bits per heavy atom. The van der Waals surface area contributed by atoms with Gasteiger partial charge in [-0.25, -0.2) is 4.98 Å². The molecular weight excluding hydrogens is 300 g/mol. The molecule has 92 valence electrons. The van der Waals surface area contributed by atoms with Gasteiger partial charge in [0.15, 0.2) is 0 Å². The van der Waals surface area contributed by atoms with Crippen LogP contribution in [0.2, 0.25) is 5.02 Å². The van der Waals surface area contributed by atoms with E-state index in [1.807, 2.05) is 12.1 Å². The molecule has 0 bridgehead atoms. The van der Waals surface area contributed by atoms with E-state index in [1.165, 1.54) is 0 Å². The first-order chi connectivity index (χ1) is 7.85. The number of nitrogens with zero attached hydrogens (tertiary/aromatic N) is 1. The van der Waals surface area contributed by atoms with Crippen LogP contribution in [0.4, 0.5) is 0 Å². The Hall–Kier alpha value is -0.540. The first kappa shape index (κ1) is 12.9. The van der Waals surface area contributed by atoms with Crippen LogP contribution in [-0.4, -0.2) is 9.97 Å². The van der Waals surface area contributed by atoms with Crippen LogP contribution in [0.3, 0.4) is 0 Å². The normalized spacial score (nSPS) is 12.3. The molecule has 0 amide bonds. The molecular formula is C13H16BrClN2. The van der Waals surface area contributed by atoms with Gasteiger partial charge in [0.05, 0.1) is 5.52 Å². The summed E-state index contributed by atoms with van der Waals surface area (Å²) in [4.78, 5) is 7.92. The fourth-order valence-corrected chi connectivity index (χ4v) is 2.60. The monoisotopic (exact) mass is 314 g/mol. The fraction of sp³-hybridized carbons (Fsp3) is 0.462. The van der Waals surface area contributed by atoms with Crippen molar-refractivity contribution >= 4 is 38.6 Å². The van der Waals surface area contributed by atoms with Crippen LogP contribution < -0.4 is 0 Å². The smallest absolute Gasteiger partial charge is 0.107 e. The average molecular weight is 316 g/mol. The van der Waals surface area contributed by atoms with Crippen molar-refractivity contribution in [2.45, 2.75) is 33.6 Å². The molecule has 0 saturated heterocycles. The first-order valence-electron chi connectivity index (χ1n) is 5.69. The van der Waals surface area contributed by atoms with Gasteiger partial charge in [0.2, 0.25) is 0 Å². The van der Waals surface area contributed by atoms with Crippen molar-refractivity contribution in [2.24, 2.45) is 5.41 Å². The van der Waals surface area contributed by atoms with Crippen molar-refractivity contribution in [2.75, 3.05) is 0 Å². The summed E-state index contributed by atoms with van der Waals surface area (Å²) in [5, 5.41) is 0.718. The third kappa shape index (κ3) is 3.23. The van der Waals surface area contributed by atoms with Gasteiger partial charge < -0.3 is 4.98 Å². The van der Waals surface area contributed by atoms with Crippen molar-refractivity contribution < 1.29 is 0 Å². The zero-order valence-electron chi connectivity index (χ0n) is 10.3. The van der Waals surface area contributed by atoms with E-state index in [-0.39, 0.29) is 0 Å². The van der Waals surface area contributed by atoms with Gasteiger partial charge in [-0.15, -0.1) is 0 Å². The quantitative estimate of drug-likeness (QED) is 0.834. The highest BCUT2D eigenvalue weighted by molar-refractivity contribution is 9.10. The minimum Gasteiger partial charge on any atom is -0.342 e.